The van der Waals surface area contributed by atoms with Crippen LogP contribution in [0.1, 0.15) is 51.4 Å². The molecule has 0 unspecified atom stereocenters. The standard InChI is InChI=1S/C22H24F2N6O3/c1-11-17(19(31)21(33)29-22(4-5-22)16(25)10-27-26)15-3-2-6-30(15)18(11)20(32)28-14-8-12(23)7-13(24)9-14/h7-10,27H,2-6,25-26H2,1H3,(H,28,32)(H,29,33)/b16-10-. The van der Waals surface area contributed by atoms with Crippen LogP contribution >= 0.6 is 0 Å². The van der Waals surface area contributed by atoms with E-state index in [2.05, 4.69) is 16.1 Å². The number of nitrogens with two attached hydrogens (primary N) is 2. The Balaban J connectivity index is 1.62. The van der Waals surface area contributed by atoms with E-state index in [1.165, 1.54) is 6.20 Å². The van der Waals surface area contributed by atoms with Crippen molar-refractivity contribution in [3.63, 3.8) is 0 Å². The molecule has 11 heteroatoms. The molecule has 1 aromatic heterocycles. The van der Waals surface area contributed by atoms with Gasteiger partial charge in [-0.05, 0) is 50.3 Å². The Labute approximate surface area is 188 Å². The summed E-state index contributed by atoms with van der Waals surface area (Å²) in [6, 6.07) is 2.68. The van der Waals surface area contributed by atoms with Gasteiger partial charge in [0.1, 0.15) is 17.3 Å². The third-order valence-electron chi connectivity index (χ3n) is 6.07. The van der Waals surface area contributed by atoms with Crippen molar-refractivity contribution in [1.29, 1.82) is 0 Å². The number of anilines is 1. The Bertz CT molecular complexity index is 1180. The zero-order valence-corrected chi connectivity index (χ0v) is 17.9. The summed E-state index contributed by atoms with van der Waals surface area (Å²) in [4.78, 5) is 38.9. The van der Waals surface area contributed by atoms with Crippen molar-refractivity contribution in [3.8, 4) is 0 Å². The van der Waals surface area contributed by atoms with E-state index < -0.39 is 34.8 Å². The fraction of sp³-hybridized carbons (Fsp3) is 0.318. The third-order valence-corrected chi connectivity index (χ3v) is 6.07. The summed E-state index contributed by atoms with van der Waals surface area (Å²) >= 11 is 0. The highest BCUT2D eigenvalue weighted by Gasteiger charge is 2.48. The average Bonchev–Trinajstić information content (AvgIpc) is 3.27. The van der Waals surface area contributed by atoms with E-state index in [4.69, 9.17) is 11.6 Å². The molecule has 4 rings (SSSR count). The van der Waals surface area contributed by atoms with Crippen molar-refractivity contribution in [2.24, 2.45) is 11.6 Å². The molecular formula is C22H24F2N6O3. The summed E-state index contributed by atoms with van der Waals surface area (Å²) in [6.45, 7) is 2.06. The number of hydrogen-bond acceptors (Lipinski definition) is 6. The Hall–Kier alpha value is -3.73. The van der Waals surface area contributed by atoms with Gasteiger partial charge in [-0.3, -0.25) is 20.2 Å². The lowest BCUT2D eigenvalue weighted by Crippen LogP contribution is -2.45. The van der Waals surface area contributed by atoms with Crippen LogP contribution in [0.15, 0.2) is 30.1 Å². The number of ketones is 1. The van der Waals surface area contributed by atoms with Gasteiger partial charge in [0.2, 0.25) is 0 Å². The van der Waals surface area contributed by atoms with Crippen LogP contribution in [0.2, 0.25) is 0 Å². The zero-order chi connectivity index (χ0) is 23.9. The number of amides is 2. The van der Waals surface area contributed by atoms with E-state index in [1.807, 2.05) is 0 Å². The molecular weight excluding hydrogens is 434 g/mol. The van der Waals surface area contributed by atoms with E-state index in [0.717, 1.165) is 12.1 Å². The maximum atomic E-state index is 13.5. The van der Waals surface area contributed by atoms with Crippen molar-refractivity contribution in [2.75, 3.05) is 5.32 Å². The van der Waals surface area contributed by atoms with Gasteiger partial charge in [-0.1, -0.05) is 0 Å². The minimum Gasteiger partial charge on any atom is -0.399 e. The Morgan fingerprint density at radius 1 is 1.15 bits per heavy atom. The number of carbonyl (C=O) groups is 3. The molecule has 1 aromatic carbocycles. The molecule has 0 spiro atoms. The smallest absolute Gasteiger partial charge is 0.293 e. The summed E-state index contributed by atoms with van der Waals surface area (Å²) in [6.07, 6.45) is 3.70. The van der Waals surface area contributed by atoms with Gasteiger partial charge in [0.05, 0.1) is 16.8 Å². The maximum absolute atomic E-state index is 13.5. The molecule has 1 aliphatic heterocycles. The molecule has 2 amide bonds. The lowest BCUT2D eigenvalue weighted by molar-refractivity contribution is -0.117. The van der Waals surface area contributed by atoms with E-state index in [-0.39, 0.29) is 16.9 Å². The number of hydrazine groups is 1. The van der Waals surface area contributed by atoms with Gasteiger partial charge in [-0.15, -0.1) is 0 Å². The van der Waals surface area contributed by atoms with Gasteiger partial charge in [0.15, 0.2) is 0 Å². The number of nitrogens with zero attached hydrogens (tertiary/aromatic N) is 1. The second-order valence-corrected chi connectivity index (χ2v) is 8.29. The molecule has 7 N–H and O–H groups in total. The second-order valence-electron chi connectivity index (χ2n) is 8.29. The zero-order valence-electron chi connectivity index (χ0n) is 17.9. The van der Waals surface area contributed by atoms with Crippen molar-refractivity contribution < 1.29 is 23.2 Å². The normalized spacial score (nSPS) is 16.2. The number of Topliss-reactive ketones (excluding diaryl/α,β-unsaturated/α-hetero) is 1. The molecule has 1 fully saturated rings. The van der Waals surface area contributed by atoms with Crippen LogP contribution in [0.4, 0.5) is 14.5 Å². The van der Waals surface area contributed by atoms with Crippen molar-refractivity contribution in [3.05, 3.63) is 64.2 Å². The van der Waals surface area contributed by atoms with E-state index >= 15 is 0 Å². The molecule has 1 aliphatic carbocycles. The quantitative estimate of drug-likeness (QED) is 0.183. The topological polar surface area (TPSA) is 144 Å². The number of hydrogen-bond donors (Lipinski definition) is 5. The van der Waals surface area contributed by atoms with Crippen molar-refractivity contribution in [1.82, 2.24) is 15.3 Å². The van der Waals surface area contributed by atoms with Gasteiger partial charge in [-0.2, -0.15) is 0 Å². The summed E-state index contributed by atoms with van der Waals surface area (Å²) < 4.78 is 28.7. The summed E-state index contributed by atoms with van der Waals surface area (Å²) in [5, 5.41) is 5.16. The van der Waals surface area contributed by atoms with Crippen molar-refractivity contribution >= 4 is 23.3 Å². The molecule has 0 saturated heterocycles. The first-order valence-electron chi connectivity index (χ1n) is 10.5. The molecule has 1 saturated carbocycles. The monoisotopic (exact) mass is 458 g/mol. The average molecular weight is 458 g/mol. The van der Waals surface area contributed by atoms with Crippen molar-refractivity contribution in [2.45, 2.75) is 44.7 Å². The third kappa shape index (κ3) is 4.07. The van der Waals surface area contributed by atoms with Gasteiger partial charge in [0, 0.05) is 30.2 Å². The summed E-state index contributed by atoms with van der Waals surface area (Å²) in [5.41, 5.74) is 8.96. The molecule has 174 valence electrons. The Morgan fingerprint density at radius 2 is 1.82 bits per heavy atom. The number of benzene rings is 1. The molecule has 0 bridgehead atoms. The van der Waals surface area contributed by atoms with Crippen LogP contribution in [0, 0.1) is 18.6 Å². The molecule has 2 aromatic rings. The van der Waals surface area contributed by atoms with Crippen LogP contribution in [0.3, 0.4) is 0 Å². The minimum absolute atomic E-state index is 0.0532. The summed E-state index contributed by atoms with van der Waals surface area (Å²) in [7, 11) is 0. The lowest BCUT2D eigenvalue weighted by Gasteiger charge is -2.17. The molecule has 0 radical (unpaired) electrons. The minimum atomic E-state index is -0.831. The summed E-state index contributed by atoms with van der Waals surface area (Å²) in [5.74, 6) is 1.36. The van der Waals surface area contributed by atoms with Crippen LogP contribution in [-0.4, -0.2) is 27.7 Å². The van der Waals surface area contributed by atoms with Crippen LogP contribution in [0.5, 0.6) is 0 Å². The molecule has 9 nitrogen and oxygen atoms in total. The molecule has 2 heterocycles. The van der Waals surface area contributed by atoms with Crippen LogP contribution < -0.4 is 27.6 Å². The molecule has 33 heavy (non-hydrogen) atoms. The largest absolute Gasteiger partial charge is 0.399 e. The Morgan fingerprint density at radius 3 is 2.42 bits per heavy atom. The predicted molar refractivity (Wildman–Crippen MR) is 116 cm³/mol. The van der Waals surface area contributed by atoms with E-state index in [0.29, 0.717) is 55.2 Å². The first kappa shape index (κ1) is 22.5. The van der Waals surface area contributed by atoms with Gasteiger partial charge in [-0.25, -0.2) is 8.78 Å². The SMILES string of the molecule is Cc1c(C(=O)C(=O)NC2(/C(N)=C/NN)CC2)c2n(c1C(=O)Nc1cc(F)cc(F)c1)CCC2. The van der Waals surface area contributed by atoms with Gasteiger partial charge < -0.3 is 26.4 Å². The molecule has 0 atom stereocenters. The maximum Gasteiger partial charge on any atom is 0.293 e. The van der Waals surface area contributed by atoms with Crippen LogP contribution in [-0.2, 0) is 17.8 Å². The highest BCUT2D eigenvalue weighted by atomic mass is 19.1. The fourth-order valence-electron chi connectivity index (χ4n) is 4.36. The number of halogens is 2. The first-order valence-corrected chi connectivity index (χ1v) is 10.5. The van der Waals surface area contributed by atoms with E-state index in [9.17, 15) is 23.2 Å². The fourth-order valence-corrected chi connectivity index (χ4v) is 4.36. The lowest BCUT2D eigenvalue weighted by atomic mass is 10.0. The second kappa shape index (κ2) is 8.32. The predicted octanol–water partition coefficient (Wildman–Crippen LogP) is 1.37. The van der Waals surface area contributed by atoms with Gasteiger partial charge >= 0.3 is 0 Å². The van der Waals surface area contributed by atoms with Gasteiger partial charge in [0.25, 0.3) is 17.6 Å². The highest BCUT2D eigenvalue weighted by molar-refractivity contribution is 6.44. The number of aromatic nitrogens is 1. The number of carbonyl (C=O) groups excluding carboxylic acids is 3. The van der Waals surface area contributed by atoms with E-state index in [1.54, 1.807) is 11.5 Å². The molecule has 2 aliphatic rings. The van der Waals surface area contributed by atoms with Crippen LogP contribution in [0.25, 0.3) is 0 Å². The number of nitrogens with one attached hydrogen (secondary N) is 3. The number of fused-ring (bicyclic) bond motifs is 1. The number of rotatable bonds is 7. The highest BCUT2D eigenvalue weighted by Crippen LogP contribution is 2.40. The first-order chi connectivity index (χ1) is 15.7. The Kier molecular flexibility index (Phi) is 5.66.